The molecule has 31 heavy (non-hydrogen) atoms. The smallest absolute Gasteiger partial charge is 0.237 e. The second-order valence-electron chi connectivity index (χ2n) is 6.54. The van der Waals surface area contributed by atoms with Gasteiger partial charge in [0.1, 0.15) is 11.5 Å². The van der Waals surface area contributed by atoms with Crippen molar-refractivity contribution in [2.24, 2.45) is 0 Å². The van der Waals surface area contributed by atoms with Gasteiger partial charge < -0.3 is 18.9 Å². The zero-order valence-electron chi connectivity index (χ0n) is 17.8. The van der Waals surface area contributed by atoms with Crippen LogP contribution >= 0.6 is 0 Å². The van der Waals surface area contributed by atoms with Gasteiger partial charge in [-0.05, 0) is 60.7 Å². The topological polar surface area (TPSA) is 36.9 Å². The summed E-state index contributed by atoms with van der Waals surface area (Å²) in [7, 11) is -0.269. The van der Waals surface area contributed by atoms with Crippen LogP contribution in [0.15, 0.2) is 119 Å². The second kappa shape index (κ2) is 11.2. The lowest BCUT2D eigenvalue weighted by Gasteiger charge is -2.15. The van der Waals surface area contributed by atoms with E-state index in [9.17, 15) is 0 Å². The molecule has 5 heteroatoms. The van der Waals surface area contributed by atoms with Crippen molar-refractivity contribution >= 4 is 10.9 Å². The van der Waals surface area contributed by atoms with Crippen LogP contribution in [0, 0.1) is 0 Å². The predicted molar refractivity (Wildman–Crippen MR) is 124 cm³/mol. The van der Waals surface area contributed by atoms with Crippen LogP contribution in [0.25, 0.3) is 0 Å². The molecule has 0 spiro atoms. The Morgan fingerprint density at radius 1 is 0.613 bits per heavy atom. The van der Waals surface area contributed by atoms with E-state index in [1.165, 1.54) is 27.2 Å². The molecule has 0 saturated carbocycles. The summed E-state index contributed by atoms with van der Waals surface area (Å²) in [6.45, 7) is 10.8. The third kappa shape index (κ3) is 6.33. The minimum Gasteiger partial charge on any atom is -0.463 e. The summed E-state index contributed by atoms with van der Waals surface area (Å²) in [5, 5.41) is 0. The molecule has 0 aromatic heterocycles. The van der Waals surface area contributed by atoms with Crippen LogP contribution in [0.4, 0.5) is 0 Å². The molecule has 0 bridgehead atoms. The first kappa shape index (κ1) is 22.4. The maximum atomic E-state index is 5.75. The van der Waals surface area contributed by atoms with Gasteiger partial charge in [-0.25, -0.2) is 0 Å². The minimum absolute atomic E-state index is 0.269. The molecule has 2 atom stereocenters. The molecule has 0 amide bonds. The van der Waals surface area contributed by atoms with E-state index in [-0.39, 0.29) is 10.9 Å². The lowest BCUT2D eigenvalue weighted by molar-refractivity contribution is -0.0135. The highest BCUT2D eigenvalue weighted by atomic mass is 32.2. The monoisotopic (exact) mass is 435 g/mol. The number of ether oxygens (including phenoxy) is 4. The lowest BCUT2D eigenvalue weighted by atomic mass is 10.3. The van der Waals surface area contributed by atoms with Crippen molar-refractivity contribution in [1.29, 1.82) is 0 Å². The van der Waals surface area contributed by atoms with Gasteiger partial charge in [-0.1, -0.05) is 31.4 Å². The Morgan fingerprint density at radius 2 is 1.00 bits per heavy atom. The van der Waals surface area contributed by atoms with Gasteiger partial charge in [-0.15, -0.1) is 0 Å². The molecular formula is C26H27O4S+. The number of rotatable bonds is 11. The Kier molecular flexibility index (Phi) is 8.07. The van der Waals surface area contributed by atoms with E-state index in [0.29, 0.717) is 0 Å². The van der Waals surface area contributed by atoms with E-state index < -0.39 is 12.6 Å². The van der Waals surface area contributed by atoms with Crippen LogP contribution < -0.4 is 9.47 Å². The molecule has 3 aromatic rings. The fraction of sp³-hybridized carbons (Fsp3) is 0.154. The Bertz CT molecular complexity index is 893. The standard InChI is InChI=1S/C26H27O4S/c1-5-27-20(3)29-22-12-16-25(17-13-22)31(24-10-8-7-9-11-24)26-18-14-23(15-19-26)30-21(4)28-6-2/h5-21H,1-2H2,3-4H3/q+1. The lowest BCUT2D eigenvalue weighted by Crippen LogP contribution is -2.13. The third-order valence-electron chi connectivity index (χ3n) is 4.28. The first-order valence-corrected chi connectivity index (χ1v) is 11.2. The molecule has 0 saturated heterocycles. The SMILES string of the molecule is C=COC(C)Oc1ccc([S+](c2ccccc2)c2ccc(OC(C)OC=C)cc2)cc1. The Labute approximate surface area is 187 Å². The molecule has 0 radical (unpaired) electrons. The van der Waals surface area contributed by atoms with Gasteiger partial charge in [0.2, 0.25) is 12.6 Å². The first-order chi connectivity index (χ1) is 15.1. The Morgan fingerprint density at radius 3 is 1.39 bits per heavy atom. The van der Waals surface area contributed by atoms with Crippen LogP contribution in [0.5, 0.6) is 11.5 Å². The molecule has 160 valence electrons. The fourth-order valence-corrected chi connectivity index (χ4v) is 5.05. The first-order valence-electron chi connectivity index (χ1n) is 9.96. The fourth-order valence-electron chi connectivity index (χ4n) is 2.98. The summed E-state index contributed by atoms with van der Waals surface area (Å²) >= 11 is 0. The van der Waals surface area contributed by atoms with Gasteiger partial charge in [0.15, 0.2) is 14.7 Å². The van der Waals surface area contributed by atoms with Crippen LogP contribution in [0.3, 0.4) is 0 Å². The van der Waals surface area contributed by atoms with Crippen LogP contribution in [-0.4, -0.2) is 12.6 Å². The molecule has 3 rings (SSSR count). The quantitative estimate of drug-likeness (QED) is 0.194. The molecule has 0 aliphatic rings. The van der Waals surface area contributed by atoms with Crippen molar-refractivity contribution in [1.82, 2.24) is 0 Å². The van der Waals surface area contributed by atoms with Crippen molar-refractivity contribution in [3.05, 3.63) is 105 Å². The largest absolute Gasteiger partial charge is 0.463 e. The van der Waals surface area contributed by atoms with E-state index in [0.717, 1.165) is 11.5 Å². The second-order valence-corrected chi connectivity index (χ2v) is 8.57. The van der Waals surface area contributed by atoms with E-state index in [1.807, 2.05) is 44.2 Å². The average molecular weight is 436 g/mol. The predicted octanol–water partition coefficient (Wildman–Crippen LogP) is 6.55. The van der Waals surface area contributed by atoms with Crippen LogP contribution in [0.2, 0.25) is 0 Å². The van der Waals surface area contributed by atoms with Gasteiger partial charge in [-0.2, -0.15) is 0 Å². The Balaban J connectivity index is 1.86. The highest BCUT2D eigenvalue weighted by molar-refractivity contribution is 7.97. The van der Waals surface area contributed by atoms with E-state index in [1.54, 1.807) is 0 Å². The van der Waals surface area contributed by atoms with Gasteiger partial charge in [0.25, 0.3) is 0 Å². The molecule has 0 aliphatic heterocycles. The molecule has 0 N–H and O–H groups in total. The number of hydrogen-bond acceptors (Lipinski definition) is 4. The molecule has 0 fully saturated rings. The zero-order valence-corrected chi connectivity index (χ0v) is 18.6. The van der Waals surface area contributed by atoms with E-state index >= 15 is 0 Å². The number of hydrogen-bond donors (Lipinski definition) is 0. The highest BCUT2D eigenvalue weighted by Gasteiger charge is 2.28. The average Bonchev–Trinajstić information content (AvgIpc) is 2.77. The molecule has 3 aromatic carbocycles. The molecule has 4 nitrogen and oxygen atoms in total. The highest BCUT2D eigenvalue weighted by Crippen LogP contribution is 2.33. The molecule has 2 unspecified atom stereocenters. The van der Waals surface area contributed by atoms with E-state index in [4.69, 9.17) is 18.9 Å². The molecule has 0 heterocycles. The number of benzene rings is 3. The Hall–Kier alpha value is -3.31. The van der Waals surface area contributed by atoms with Crippen LogP contribution in [0.1, 0.15) is 13.8 Å². The molecule has 0 aliphatic carbocycles. The van der Waals surface area contributed by atoms with Crippen molar-refractivity contribution < 1.29 is 18.9 Å². The summed E-state index contributed by atoms with van der Waals surface area (Å²) in [5.74, 6) is 1.49. The zero-order chi connectivity index (χ0) is 22.1. The van der Waals surface area contributed by atoms with Crippen LogP contribution in [-0.2, 0) is 20.4 Å². The molecular weight excluding hydrogens is 408 g/mol. The maximum Gasteiger partial charge on any atom is 0.237 e. The van der Waals surface area contributed by atoms with Crippen molar-refractivity contribution in [3.63, 3.8) is 0 Å². The van der Waals surface area contributed by atoms with Gasteiger partial charge in [0.05, 0.1) is 23.4 Å². The van der Waals surface area contributed by atoms with Gasteiger partial charge in [0, 0.05) is 13.8 Å². The summed E-state index contributed by atoms with van der Waals surface area (Å²) in [6, 6.07) is 26.7. The summed E-state index contributed by atoms with van der Waals surface area (Å²) in [6.07, 6.45) is 1.97. The van der Waals surface area contributed by atoms with Gasteiger partial charge in [-0.3, -0.25) is 0 Å². The van der Waals surface area contributed by atoms with Crippen molar-refractivity contribution in [3.8, 4) is 11.5 Å². The summed E-state index contributed by atoms with van der Waals surface area (Å²) < 4.78 is 22.0. The van der Waals surface area contributed by atoms with Crippen molar-refractivity contribution in [2.75, 3.05) is 0 Å². The summed E-state index contributed by atoms with van der Waals surface area (Å²) in [5.41, 5.74) is 0. The summed E-state index contributed by atoms with van der Waals surface area (Å²) in [4.78, 5) is 3.61. The van der Waals surface area contributed by atoms with Crippen molar-refractivity contribution in [2.45, 2.75) is 41.1 Å². The van der Waals surface area contributed by atoms with E-state index in [2.05, 4.69) is 61.7 Å². The van der Waals surface area contributed by atoms with Gasteiger partial charge >= 0.3 is 0 Å². The minimum atomic E-state index is -0.393. The normalized spacial score (nSPS) is 13.4. The maximum absolute atomic E-state index is 5.75. The third-order valence-corrected chi connectivity index (χ3v) is 6.51.